The highest BCUT2D eigenvalue weighted by Gasteiger charge is 2.27. The number of hydrogen-bond donors (Lipinski definition) is 1. The lowest BCUT2D eigenvalue weighted by atomic mass is 10.2. The molecule has 2 aromatic rings. The minimum absolute atomic E-state index is 0.383. The van der Waals surface area contributed by atoms with Crippen LogP contribution in [0.4, 0.5) is 0 Å². The summed E-state index contributed by atoms with van der Waals surface area (Å²) < 4.78 is 33.0. The summed E-state index contributed by atoms with van der Waals surface area (Å²) in [5.41, 5.74) is 2.06. The molecule has 0 amide bonds. The maximum absolute atomic E-state index is 11.7. The number of benzene rings is 2. The summed E-state index contributed by atoms with van der Waals surface area (Å²) in [6.07, 6.45) is 0. The SMILES string of the molecule is O=S1(=O)NCCN1Cc1ccc(OCc2ccccc2)cc1. The third kappa shape index (κ3) is 3.65. The number of nitrogens with zero attached hydrogens (tertiary/aromatic N) is 1. The molecule has 22 heavy (non-hydrogen) atoms. The predicted octanol–water partition coefficient (Wildman–Crippen LogP) is 1.92. The quantitative estimate of drug-likeness (QED) is 0.916. The van der Waals surface area contributed by atoms with E-state index in [-0.39, 0.29) is 0 Å². The van der Waals surface area contributed by atoms with Gasteiger partial charge in [-0.25, -0.2) is 4.72 Å². The zero-order valence-corrected chi connectivity index (χ0v) is 12.9. The van der Waals surface area contributed by atoms with Gasteiger partial charge in [-0.05, 0) is 23.3 Å². The number of ether oxygens (including phenoxy) is 1. The zero-order valence-electron chi connectivity index (χ0n) is 12.1. The Hall–Kier alpha value is -1.89. The molecule has 0 aromatic heterocycles. The summed E-state index contributed by atoms with van der Waals surface area (Å²) in [4.78, 5) is 0. The summed E-state index contributed by atoms with van der Waals surface area (Å²) in [6.45, 7) is 1.88. The van der Waals surface area contributed by atoms with Crippen molar-refractivity contribution in [2.45, 2.75) is 13.2 Å². The van der Waals surface area contributed by atoms with Gasteiger partial charge < -0.3 is 4.74 Å². The van der Waals surface area contributed by atoms with Crippen LogP contribution < -0.4 is 9.46 Å². The smallest absolute Gasteiger partial charge is 0.279 e. The van der Waals surface area contributed by atoms with Gasteiger partial charge in [0, 0.05) is 19.6 Å². The highest BCUT2D eigenvalue weighted by molar-refractivity contribution is 7.87. The van der Waals surface area contributed by atoms with Crippen LogP contribution in [-0.2, 0) is 23.4 Å². The van der Waals surface area contributed by atoms with Gasteiger partial charge in [-0.15, -0.1) is 0 Å². The van der Waals surface area contributed by atoms with Crippen LogP contribution in [0.5, 0.6) is 5.75 Å². The minimum atomic E-state index is -3.29. The first-order chi connectivity index (χ1) is 10.6. The Morgan fingerprint density at radius 2 is 1.73 bits per heavy atom. The van der Waals surface area contributed by atoms with Crippen molar-refractivity contribution in [1.82, 2.24) is 9.03 Å². The van der Waals surface area contributed by atoms with Crippen LogP contribution in [0.1, 0.15) is 11.1 Å². The summed E-state index contributed by atoms with van der Waals surface area (Å²) in [5.74, 6) is 0.773. The van der Waals surface area contributed by atoms with Crippen LogP contribution in [0.15, 0.2) is 54.6 Å². The van der Waals surface area contributed by atoms with Crippen molar-refractivity contribution in [2.75, 3.05) is 13.1 Å². The highest BCUT2D eigenvalue weighted by Crippen LogP contribution is 2.17. The third-order valence-corrected chi connectivity index (χ3v) is 5.08. The van der Waals surface area contributed by atoms with Crippen LogP contribution in [0.3, 0.4) is 0 Å². The van der Waals surface area contributed by atoms with E-state index in [1.165, 1.54) is 4.31 Å². The molecule has 2 aromatic carbocycles. The second-order valence-corrected chi connectivity index (χ2v) is 6.91. The molecule has 5 nitrogen and oxygen atoms in total. The van der Waals surface area contributed by atoms with Crippen LogP contribution in [0, 0.1) is 0 Å². The van der Waals surface area contributed by atoms with Gasteiger partial charge in [0.25, 0.3) is 10.2 Å². The molecule has 6 heteroatoms. The summed E-state index contributed by atoms with van der Waals surface area (Å²) in [7, 11) is -3.29. The van der Waals surface area contributed by atoms with Gasteiger partial charge in [0.15, 0.2) is 0 Å². The van der Waals surface area contributed by atoms with E-state index in [2.05, 4.69) is 4.72 Å². The van der Waals surface area contributed by atoms with E-state index < -0.39 is 10.2 Å². The molecular formula is C16H18N2O3S. The Labute approximate surface area is 130 Å². The maximum Gasteiger partial charge on any atom is 0.279 e. The van der Waals surface area contributed by atoms with E-state index in [1.807, 2.05) is 54.6 Å². The first-order valence-corrected chi connectivity index (χ1v) is 8.58. The van der Waals surface area contributed by atoms with E-state index in [1.54, 1.807) is 0 Å². The summed E-state index contributed by atoms with van der Waals surface area (Å²) in [6, 6.07) is 17.5. The third-order valence-electron chi connectivity index (χ3n) is 3.52. The van der Waals surface area contributed by atoms with E-state index >= 15 is 0 Å². The molecule has 1 N–H and O–H groups in total. The van der Waals surface area contributed by atoms with Gasteiger partial charge in [-0.1, -0.05) is 42.5 Å². The lowest BCUT2D eigenvalue weighted by Gasteiger charge is -2.13. The molecule has 1 aliphatic rings. The fraction of sp³-hybridized carbons (Fsp3) is 0.250. The number of nitrogens with one attached hydrogen (secondary N) is 1. The molecule has 0 saturated carbocycles. The van der Waals surface area contributed by atoms with Gasteiger partial charge in [-0.3, -0.25) is 0 Å². The molecule has 0 atom stereocenters. The Balaban J connectivity index is 1.58. The van der Waals surface area contributed by atoms with Crippen molar-refractivity contribution in [1.29, 1.82) is 0 Å². The van der Waals surface area contributed by atoms with E-state index in [4.69, 9.17) is 4.74 Å². The number of hydrogen-bond acceptors (Lipinski definition) is 3. The normalized spacial score (nSPS) is 17.5. The molecule has 0 radical (unpaired) electrons. The van der Waals surface area contributed by atoms with Gasteiger partial charge in [-0.2, -0.15) is 12.7 Å². The first kappa shape index (κ1) is 15.0. The van der Waals surface area contributed by atoms with Crippen LogP contribution in [0.2, 0.25) is 0 Å². The fourth-order valence-corrected chi connectivity index (χ4v) is 3.49. The Kier molecular flexibility index (Phi) is 4.42. The standard InChI is InChI=1S/C16H18N2O3S/c19-22(20)17-10-11-18(22)12-14-6-8-16(9-7-14)21-13-15-4-2-1-3-5-15/h1-9,17H,10-13H2. The molecule has 0 unspecified atom stereocenters. The van der Waals surface area contributed by atoms with E-state index in [0.717, 1.165) is 16.9 Å². The molecule has 0 bridgehead atoms. The van der Waals surface area contributed by atoms with Gasteiger partial charge in [0.2, 0.25) is 0 Å². The second-order valence-electron chi connectivity index (χ2n) is 5.15. The summed E-state index contributed by atoms with van der Waals surface area (Å²) in [5, 5.41) is 0. The largest absolute Gasteiger partial charge is 0.489 e. The Morgan fingerprint density at radius 1 is 1.00 bits per heavy atom. The van der Waals surface area contributed by atoms with Crippen molar-refractivity contribution in [3.05, 3.63) is 65.7 Å². The second kappa shape index (κ2) is 6.48. The average Bonchev–Trinajstić information content (AvgIpc) is 2.86. The molecule has 1 heterocycles. The van der Waals surface area contributed by atoms with Gasteiger partial charge in [0.1, 0.15) is 12.4 Å². The Bertz CT molecular complexity index is 715. The molecule has 0 spiro atoms. The molecule has 0 aliphatic carbocycles. The summed E-state index contributed by atoms with van der Waals surface area (Å²) >= 11 is 0. The topological polar surface area (TPSA) is 58.6 Å². The average molecular weight is 318 g/mol. The van der Waals surface area contributed by atoms with Gasteiger partial charge >= 0.3 is 0 Å². The monoisotopic (exact) mass is 318 g/mol. The highest BCUT2D eigenvalue weighted by atomic mass is 32.2. The maximum atomic E-state index is 11.7. The molecule has 1 saturated heterocycles. The van der Waals surface area contributed by atoms with Crippen molar-refractivity contribution in [2.24, 2.45) is 0 Å². The lowest BCUT2D eigenvalue weighted by Crippen LogP contribution is -2.28. The molecule has 116 valence electrons. The van der Waals surface area contributed by atoms with Crippen molar-refractivity contribution < 1.29 is 13.2 Å². The van der Waals surface area contributed by atoms with Crippen molar-refractivity contribution >= 4 is 10.2 Å². The van der Waals surface area contributed by atoms with E-state index in [0.29, 0.717) is 26.2 Å². The molecular weight excluding hydrogens is 300 g/mol. The lowest BCUT2D eigenvalue weighted by molar-refractivity contribution is 0.306. The zero-order chi connectivity index (χ0) is 15.4. The van der Waals surface area contributed by atoms with Crippen molar-refractivity contribution in [3.8, 4) is 5.75 Å². The number of rotatable bonds is 5. The van der Waals surface area contributed by atoms with Gasteiger partial charge in [0.05, 0.1) is 0 Å². The van der Waals surface area contributed by atoms with Crippen LogP contribution in [0.25, 0.3) is 0 Å². The van der Waals surface area contributed by atoms with Crippen molar-refractivity contribution in [3.63, 3.8) is 0 Å². The van der Waals surface area contributed by atoms with Crippen LogP contribution in [-0.4, -0.2) is 25.8 Å². The first-order valence-electron chi connectivity index (χ1n) is 7.14. The van der Waals surface area contributed by atoms with E-state index in [9.17, 15) is 8.42 Å². The predicted molar refractivity (Wildman–Crippen MR) is 84.5 cm³/mol. The minimum Gasteiger partial charge on any atom is -0.489 e. The Morgan fingerprint density at radius 3 is 2.36 bits per heavy atom. The molecule has 3 rings (SSSR count). The molecule has 1 fully saturated rings. The molecule has 1 aliphatic heterocycles. The van der Waals surface area contributed by atoms with Crippen LogP contribution >= 0.6 is 0 Å². The fourth-order valence-electron chi connectivity index (χ4n) is 2.31.